The first kappa shape index (κ1) is 27.3. The maximum Gasteiger partial charge on any atom is 0.0913 e. The molecule has 0 aliphatic heterocycles. The molecule has 3 heteroatoms. The van der Waals surface area contributed by atoms with E-state index in [1.54, 1.807) is 30.7 Å². The standard InChI is InChI=1S/C36H58N2S/c37-27-20-16-25(17-21-27)35-30-11-4-6-13-32(30)36(33-14-7-5-12-31(33)35)26-18-22-29(23-19-26)38(34-15-8-24-39-34)28-9-2-1-3-10-28/h8,15,24-33,35-36H,1-7,9-14,16-23,37H2. The summed E-state index contributed by atoms with van der Waals surface area (Å²) >= 11 is 2.01. The molecule has 218 valence electrons. The van der Waals surface area contributed by atoms with Crippen molar-refractivity contribution in [1.82, 2.24) is 0 Å². The van der Waals surface area contributed by atoms with E-state index in [0.717, 1.165) is 59.4 Å². The number of nitrogens with zero attached hydrogens (tertiary/aromatic N) is 1. The molecule has 6 aliphatic rings. The molecule has 2 N–H and O–H groups in total. The Morgan fingerprint density at radius 3 is 1.49 bits per heavy atom. The molecule has 4 atom stereocenters. The predicted octanol–water partition coefficient (Wildman–Crippen LogP) is 9.82. The summed E-state index contributed by atoms with van der Waals surface area (Å²) in [7, 11) is 0. The van der Waals surface area contributed by atoms with Gasteiger partial charge in [0.2, 0.25) is 0 Å². The van der Waals surface area contributed by atoms with Crippen LogP contribution in [0.4, 0.5) is 5.00 Å². The van der Waals surface area contributed by atoms with Crippen molar-refractivity contribution in [2.45, 2.75) is 153 Å². The van der Waals surface area contributed by atoms with Crippen molar-refractivity contribution in [1.29, 1.82) is 0 Å². The van der Waals surface area contributed by atoms with Crippen molar-refractivity contribution in [2.24, 2.45) is 53.1 Å². The number of hydrogen-bond acceptors (Lipinski definition) is 3. The van der Waals surface area contributed by atoms with Crippen LogP contribution < -0.4 is 10.6 Å². The topological polar surface area (TPSA) is 29.3 Å². The molecule has 4 unspecified atom stereocenters. The van der Waals surface area contributed by atoms with Crippen LogP contribution in [0.5, 0.6) is 0 Å². The van der Waals surface area contributed by atoms with Gasteiger partial charge in [-0.1, -0.05) is 44.9 Å². The number of hydrogen-bond donors (Lipinski definition) is 1. The van der Waals surface area contributed by atoms with Gasteiger partial charge in [-0.25, -0.2) is 0 Å². The molecule has 1 aromatic heterocycles. The van der Waals surface area contributed by atoms with E-state index in [0.29, 0.717) is 6.04 Å². The minimum atomic E-state index is 0.499. The summed E-state index contributed by atoms with van der Waals surface area (Å²) in [6.07, 6.45) is 31.1. The molecule has 0 saturated heterocycles. The monoisotopic (exact) mass is 550 g/mol. The molecule has 2 nitrogen and oxygen atoms in total. The van der Waals surface area contributed by atoms with Crippen LogP contribution in [0, 0.1) is 47.3 Å². The molecule has 0 radical (unpaired) electrons. The molecule has 6 aliphatic carbocycles. The first-order chi connectivity index (χ1) is 19.3. The largest absolute Gasteiger partial charge is 0.357 e. The molecule has 0 bridgehead atoms. The number of fused-ring (bicyclic) bond motifs is 2. The first-order valence-corrected chi connectivity index (χ1v) is 18.7. The highest BCUT2D eigenvalue weighted by Crippen LogP contribution is 2.62. The fourth-order valence-electron chi connectivity index (χ4n) is 12.0. The summed E-state index contributed by atoms with van der Waals surface area (Å²) < 4.78 is 0. The Kier molecular flexibility index (Phi) is 8.66. The van der Waals surface area contributed by atoms with Gasteiger partial charge in [-0.05, 0) is 155 Å². The van der Waals surface area contributed by atoms with E-state index in [-0.39, 0.29) is 0 Å². The molecule has 0 spiro atoms. The van der Waals surface area contributed by atoms with Crippen molar-refractivity contribution in [3.8, 4) is 0 Å². The maximum absolute atomic E-state index is 6.42. The van der Waals surface area contributed by atoms with E-state index in [2.05, 4.69) is 22.4 Å². The third-order valence-corrected chi connectivity index (χ3v) is 14.4. The zero-order chi connectivity index (χ0) is 26.2. The Hall–Kier alpha value is -0.540. The van der Waals surface area contributed by atoms with Crippen LogP contribution in [0.2, 0.25) is 0 Å². The van der Waals surface area contributed by atoms with Gasteiger partial charge in [0.1, 0.15) is 0 Å². The molecule has 1 heterocycles. The molecular formula is C36H58N2S. The Labute approximate surface area is 244 Å². The Morgan fingerprint density at radius 1 is 0.538 bits per heavy atom. The quantitative estimate of drug-likeness (QED) is 0.395. The minimum absolute atomic E-state index is 0.499. The Balaban J connectivity index is 1.10. The Morgan fingerprint density at radius 2 is 1.00 bits per heavy atom. The smallest absolute Gasteiger partial charge is 0.0913 e. The number of anilines is 1. The molecular weight excluding hydrogens is 492 g/mol. The highest BCUT2D eigenvalue weighted by atomic mass is 32.1. The molecule has 0 aromatic carbocycles. The van der Waals surface area contributed by atoms with E-state index in [4.69, 9.17) is 5.73 Å². The lowest BCUT2D eigenvalue weighted by atomic mass is 9.45. The summed E-state index contributed by atoms with van der Waals surface area (Å²) in [5, 5.41) is 3.90. The van der Waals surface area contributed by atoms with Crippen LogP contribution in [0.1, 0.15) is 135 Å². The predicted molar refractivity (Wildman–Crippen MR) is 167 cm³/mol. The van der Waals surface area contributed by atoms with Crippen LogP contribution in [0.25, 0.3) is 0 Å². The number of rotatable bonds is 5. The molecule has 6 saturated carbocycles. The minimum Gasteiger partial charge on any atom is -0.357 e. The SMILES string of the molecule is NC1CCC(C2C3CCCCC3C(C3CCC(N(c4cccs4)C4CCCCC4)CC3)C3CCCCC32)CC1. The second-order valence-electron chi connectivity index (χ2n) is 15.3. The lowest BCUT2D eigenvalue weighted by Crippen LogP contribution is -2.54. The first-order valence-electron chi connectivity index (χ1n) is 17.9. The average Bonchev–Trinajstić information content (AvgIpc) is 3.52. The van der Waals surface area contributed by atoms with Gasteiger partial charge in [0.05, 0.1) is 5.00 Å². The van der Waals surface area contributed by atoms with Crippen LogP contribution in [-0.2, 0) is 0 Å². The van der Waals surface area contributed by atoms with Crippen molar-refractivity contribution >= 4 is 16.3 Å². The van der Waals surface area contributed by atoms with E-state index < -0.39 is 0 Å². The summed E-state index contributed by atoms with van der Waals surface area (Å²) in [4.78, 5) is 2.97. The van der Waals surface area contributed by atoms with Crippen molar-refractivity contribution in [3.05, 3.63) is 17.5 Å². The highest BCUT2D eigenvalue weighted by Gasteiger charge is 2.55. The van der Waals surface area contributed by atoms with Crippen molar-refractivity contribution in [2.75, 3.05) is 4.90 Å². The van der Waals surface area contributed by atoms with E-state index in [1.165, 1.54) is 109 Å². The van der Waals surface area contributed by atoms with E-state index >= 15 is 0 Å². The molecule has 6 fully saturated rings. The average molecular weight is 551 g/mol. The zero-order valence-electron chi connectivity index (χ0n) is 24.9. The van der Waals surface area contributed by atoms with Crippen LogP contribution in [0.3, 0.4) is 0 Å². The highest BCUT2D eigenvalue weighted by molar-refractivity contribution is 7.14. The van der Waals surface area contributed by atoms with Crippen LogP contribution >= 0.6 is 11.3 Å². The normalized spacial score (nSPS) is 43.8. The van der Waals surface area contributed by atoms with Gasteiger partial charge in [-0.15, -0.1) is 11.3 Å². The number of nitrogens with two attached hydrogens (primary N) is 1. The van der Waals surface area contributed by atoms with Crippen LogP contribution in [-0.4, -0.2) is 18.1 Å². The third kappa shape index (κ3) is 5.51. The fourth-order valence-corrected chi connectivity index (χ4v) is 12.9. The van der Waals surface area contributed by atoms with E-state index in [1.807, 2.05) is 11.3 Å². The lowest BCUT2D eigenvalue weighted by Gasteiger charge is -2.60. The van der Waals surface area contributed by atoms with Crippen molar-refractivity contribution in [3.63, 3.8) is 0 Å². The zero-order valence-corrected chi connectivity index (χ0v) is 25.7. The van der Waals surface area contributed by atoms with Crippen LogP contribution in [0.15, 0.2) is 17.5 Å². The molecule has 7 rings (SSSR count). The van der Waals surface area contributed by atoms with Crippen molar-refractivity contribution < 1.29 is 0 Å². The summed E-state index contributed by atoms with van der Waals surface area (Å²) in [5.74, 6) is 8.39. The summed E-state index contributed by atoms with van der Waals surface area (Å²) in [6.45, 7) is 0. The van der Waals surface area contributed by atoms with Gasteiger partial charge >= 0.3 is 0 Å². The molecule has 0 amide bonds. The van der Waals surface area contributed by atoms with E-state index in [9.17, 15) is 0 Å². The molecule has 39 heavy (non-hydrogen) atoms. The lowest BCUT2D eigenvalue weighted by molar-refractivity contribution is -0.112. The maximum atomic E-state index is 6.42. The second-order valence-corrected chi connectivity index (χ2v) is 16.2. The summed E-state index contributed by atoms with van der Waals surface area (Å²) in [5.41, 5.74) is 6.42. The van der Waals surface area contributed by atoms with Gasteiger partial charge in [-0.3, -0.25) is 0 Å². The van der Waals surface area contributed by atoms with Gasteiger partial charge < -0.3 is 10.6 Å². The van der Waals surface area contributed by atoms with Gasteiger partial charge in [-0.2, -0.15) is 0 Å². The Bertz CT molecular complexity index is 852. The number of thiophene rings is 1. The van der Waals surface area contributed by atoms with Gasteiger partial charge in [0.25, 0.3) is 0 Å². The third-order valence-electron chi connectivity index (χ3n) is 13.5. The second kappa shape index (κ2) is 12.4. The van der Waals surface area contributed by atoms with Gasteiger partial charge in [0.15, 0.2) is 0 Å². The van der Waals surface area contributed by atoms with Gasteiger partial charge in [0, 0.05) is 18.1 Å². The summed E-state index contributed by atoms with van der Waals surface area (Å²) in [6, 6.07) is 6.84. The fraction of sp³-hybridized carbons (Fsp3) is 0.889. The molecule has 1 aromatic rings.